The summed E-state index contributed by atoms with van der Waals surface area (Å²) < 4.78 is 10.5. The highest BCUT2D eigenvalue weighted by Gasteiger charge is 2.20. The van der Waals surface area contributed by atoms with Gasteiger partial charge in [0.15, 0.2) is 6.10 Å². The molecule has 1 amide bonds. The van der Waals surface area contributed by atoms with E-state index in [4.69, 9.17) is 9.47 Å². The van der Waals surface area contributed by atoms with E-state index in [1.807, 2.05) is 32.0 Å². The molecule has 2 aromatic rings. The van der Waals surface area contributed by atoms with Crippen LogP contribution in [0.1, 0.15) is 31.9 Å². The Morgan fingerprint density at radius 2 is 1.76 bits per heavy atom. The summed E-state index contributed by atoms with van der Waals surface area (Å²) in [6.07, 6.45) is 1.26. The SMILES string of the molecule is CCOc1ccc(/C=C(\C#N)C(=O)O[C@@H](C)C(=O)Nc2ccc(CC)cc2)cc1. The molecule has 1 N–H and O–H groups in total. The Morgan fingerprint density at radius 3 is 2.31 bits per heavy atom. The van der Waals surface area contributed by atoms with Gasteiger partial charge in [0.2, 0.25) is 0 Å². The van der Waals surface area contributed by atoms with Gasteiger partial charge in [0.25, 0.3) is 5.91 Å². The first-order chi connectivity index (χ1) is 14.0. The molecular weight excluding hydrogens is 368 g/mol. The molecule has 0 aliphatic heterocycles. The van der Waals surface area contributed by atoms with Crippen LogP contribution in [0.25, 0.3) is 6.08 Å². The second-order valence-corrected chi connectivity index (χ2v) is 6.26. The Balaban J connectivity index is 1.99. The number of amides is 1. The van der Waals surface area contributed by atoms with E-state index in [0.29, 0.717) is 23.6 Å². The third kappa shape index (κ3) is 6.51. The van der Waals surface area contributed by atoms with Gasteiger partial charge in [-0.1, -0.05) is 31.2 Å². The molecule has 150 valence electrons. The number of hydrogen-bond acceptors (Lipinski definition) is 5. The highest BCUT2D eigenvalue weighted by Crippen LogP contribution is 2.16. The van der Waals surface area contributed by atoms with Gasteiger partial charge in [-0.05, 0) is 61.7 Å². The van der Waals surface area contributed by atoms with Crippen molar-refractivity contribution in [3.63, 3.8) is 0 Å². The molecule has 6 heteroatoms. The number of ether oxygens (including phenoxy) is 2. The number of hydrogen-bond donors (Lipinski definition) is 1. The Kier molecular flexibility index (Phi) is 7.99. The minimum Gasteiger partial charge on any atom is -0.494 e. The molecule has 0 aliphatic carbocycles. The molecule has 29 heavy (non-hydrogen) atoms. The quantitative estimate of drug-likeness (QED) is 0.415. The maximum atomic E-state index is 12.3. The van der Waals surface area contributed by atoms with Crippen molar-refractivity contribution >= 4 is 23.6 Å². The predicted octanol–water partition coefficient (Wildman–Crippen LogP) is 4.13. The minimum absolute atomic E-state index is 0.193. The fourth-order valence-corrected chi connectivity index (χ4v) is 2.48. The molecule has 0 radical (unpaired) electrons. The maximum Gasteiger partial charge on any atom is 0.349 e. The zero-order chi connectivity index (χ0) is 21.2. The summed E-state index contributed by atoms with van der Waals surface area (Å²) in [6.45, 7) is 5.94. The number of benzene rings is 2. The second-order valence-electron chi connectivity index (χ2n) is 6.26. The molecule has 0 spiro atoms. The van der Waals surface area contributed by atoms with Crippen LogP contribution >= 0.6 is 0 Å². The molecule has 0 unspecified atom stereocenters. The van der Waals surface area contributed by atoms with Gasteiger partial charge >= 0.3 is 5.97 Å². The lowest BCUT2D eigenvalue weighted by molar-refractivity contribution is -0.148. The van der Waals surface area contributed by atoms with Gasteiger partial charge in [-0.15, -0.1) is 0 Å². The van der Waals surface area contributed by atoms with Crippen molar-refractivity contribution in [3.05, 3.63) is 65.2 Å². The van der Waals surface area contributed by atoms with Gasteiger partial charge in [-0.3, -0.25) is 4.79 Å². The molecule has 2 rings (SSSR count). The molecule has 1 atom stereocenters. The molecule has 2 aromatic carbocycles. The van der Waals surface area contributed by atoms with E-state index in [1.54, 1.807) is 36.4 Å². The summed E-state index contributed by atoms with van der Waals surface area (Å²) in [4.78, 5) is 24.5. The smallest absolute Gasteiger partial charge is 0.349 e. The van der Waals surface area contributed by atoms with Crippen LogP contribution in [-0.4, -0.2) is 24.6 Å². The van der Waals surface area contributed by atoms with Crippen molar-refractivity contribution < 1.29 is 19.1 Å². The van der Waals surface area contributed by atoms with Gasteiger partial charge in [0, 0.05) is 5.69 Å². The van der Waals surface area contributed by atoms with Crippen LogP contribution in [0, 0.1) is 11.3 Å². The van der Waals surface area contributed by atoms with Crippen LogP contribution in [0.5, 0.6) is 5.75 Å². The van der Waals surface area contributed by atoms with E-state index >= 15 is 0 Å². The van der Waals surface area contributed by atoms with Crippen LogP contribution in [0.2, 0.25) is 0 Å². The molecular formula is C23H24N2O4. The molecule has 0 aromatic heterocycles. The summed E-state index contributed by atoms with van der Waals surface area (Å²) >= 11 is 0. The van der Waals surface area contributed by atoms with Gasteiger partial charge in [0.05, 0.1) is 6.61 Å². The van der Waals surface area contributed by atoms with E-state index in [-0.39, 0.29) is 5.57 Å². The third-order valence-corrected chi connectivity index (χ3v) is 4.13. The predicted molar refractivity (Wildman–Crippen MR) is 111 cm³/mol. The normalized spacial score (nSPS) is 11.9. The van der Waals surface area contributed by atoms with Crippen molar-refractivity contribution in [3.8, 4) is 11.8 Å². The van der Waals surface area contributed by atoms with Gasteiger partial charge in [-0.25, -0.2) is 4.79 Å². The summed E-state index contributed by atoms with van der Waals surface area (Å²) in [7, 11) is 0. The van der Waals surface area contributed by atoms with Crippen molar-refractivity contribution in [1.29, 1.82) is 5.26 Å². The minimum atomic E-state index is -1.05. The first-order valence-corrected chi connectivity index (χ1v) is 9.42. The van der Waals surface area contributed by atoms with Crippen LogP contribution in [-0.2, 0) is 20.7 Å². The number of nitrogens with zero attached hydrogens (tertiary/aromatic N) is 1. The van der Waals surface area contributed by atoms with E-state index in [9.17, 15) is 14.9 Å². The average Bonchev–Trinajstić information content (AvgIpc) is 2.73. The van der Waals surface area contributed by atoms with Gasteiger partial charge in [-0.2, -0.15) is 5.26 Å². The Hall–Kier alpha value is -3.59. The number of carbonyl (C=O) groups is 2. The molecule has 0 bridgehead atoms. The highest BCUT2D eigenvalue weighted by atomic mass is 16.5. The number of carbonyl (C=O) groups excluding carboxylic acids is 2. The number of rotatable bonds is 8. The Labute approximate surface area is 170 Å². The summed E-state index contributed by atoms with van der Waals surface area (Å²) in [5, 5.41) is 12.0. The molecule has 0 saturated heterocycles. The largest absolute Gasteiger partial charge is 0.494 e. The number of nitrogens with one attached hydrogen (secondary N) is 1. The van der Waals surface area contributed by atoms with Crippen LogP contribution in [0.3, 0.4) is 0 Å². The zero-order valence-corrected chi connectivity index (χ0v) is 16.8. The number of aryl methyl sites for hydroxylation is 1. The standard InChI is InChI=1S/C23H24N2O4/c1-4-17-6-10-20(11-7-17)25-22(26)16(3)29-23(27)19(15-24)14-18-8-12-21(13-9-18)28-5-2/h6-14,16H,4-5H2,1-3H3,(H,25,26)/b19-14+/t16-/m0/s1. The van der Waals surface area contributed by atoms with E-state index in [2.05, 4.69) is 5.32 Å². The van der Waals surface area contributed by atoms with Gasteiger partial charge in [0.1, 0.15) is 17.4 Å². The molecule has 0 saturated carbocycles. The topological polar surface area (TPSA) is 88.4 Å². The number of esters is 1. The average molecular weight is 392 g/mol. The first-order valence-electron chi connectivity index (χ1n) is 9.42. The lowest BCUT2D eigenvalue weighted by atomic mass is 10.1. The summed E-state index contributed by atoms with van der Waals surface area (Å²) in [6, 6.07) is 16.2. The lowest BCUT2D eigenvalue weighted by Crippen LogP contribution is -2.30. The number of nitriles is 1. The Bertz CT molecular complexity index is 909. The fourth-order valence-electron chi connectivity index (χ4n) is 2.48. The highest BCUT2D eigenvalue weighted by molar-refractivity contribution is 6.01. The van der Waals surface area contributed by atoms with Gasteiger partial charge < -0.3 is 14.8 Å². The van der Waals surface area contributed by atoms with E-state index in [1.165, 1.54) is 13.0 Å². The van der Waals surface area contributed by atoms with Crippen molar-refractivity contribution in [2.24, 2.45) is 0 Å². The number of anilines is 1. The third-order valence-electron chi connectivity index (χ3n) is 4.13. The molecule has 0 fully saturated rings. The Morgan fingerprint density at radius 1 is 1.10 bits per heavy atom. The summed E-state index contributed by atoms with van der Waals surface area (Å²) in [5.41, 5.74) is 2.22. The monoisotopic (exact) mass is 392 g/mol. The van der Waals surface area contributed by atoms with Crippen molar-refractivity contribution in [2.75, 3.05) is 11.9 Å². The molecule has 6 nitrogen and oxygen atoms in total. The lowest BCUT2D eigenvalue weighted by Gasteiger charge is -2.13. The summed E-state index contributed by atoms with van der Waals surface area (Å²) in [5.74, 6) is -0.630. The van der Waals surface area contributed by atoms with Crippen molar-refractivity contribution in [1.82, 2.24) is 0 Å². The molecule has 0 aliphatic rings. The van der Waals surface area contributed by atoms with Crippen LogP contribution < -0.4 is 10.1 Å². The maximum absolute atomic E-state index is 12.3. The first kappa shape index (κ1) is 21.7. The molecule has 0 heterocycles. The van der Waals surface area contributed by atoms with E-state index < -0.39 is 18.0 Å². The van der Waals surface area contributed by atoms with Crippen LogP contribution in [0.15, 0.2) is 54.1 Å². The van der Waals surface area contributed by atoms with E-state index in [0.717, 1.165) is 12.0 Å². The second kappa shape index (κ2) is 10.7. The van der Waals surface area contributed by atoms with Crippen LogP contribution in [0.4, 0.5) is 5.69 Å². The zero-order valence-electron chi connectivity index (χ0n) is 16.8. The van der Waals surface area contributed by atoms with Crippen molar-refractivity contribution in [2.45, 2.75) is 33.3 Å². The fraction of sp³-hybridized carbons (Fsp3) is 0.261.